The van der Waals surface area contributed by atoms with Gasteiger partial charge in [0.2, 0.25) is 0 Å². The summed E-state index contributed by atoms with van der Waals surface area (Å²) in [6.45, 7) is 2.16. The van der Waals surface area contributed by atoms with Crippen LogP contribution < -0.4 is 5.32 Å². The Morgan fingerprint density at radius 1 is 1.21 bits per heavy atom. The molecule has 0 heterocycles. The highest BCUT2D eigenvalue weighted by molar-refractivity contribution is 6.34. The van der Waals surface area contributed by atoms with E-state index in [9.17, 15) is 0 Å². The van der Waals surface area contributed by atoms with Crippen molar-refractivity contribution in [2.45, 2.75) is 25.8 Å². The van der Waals surface area contributed by atoms with Crippen LogP contribution in [0.25, 0.3) is 0 Å². The molecule has 0 radical (unpaired) electrons. The quantitative estimate of drug-likeness (QED) is 0.825. The van der Waals surface area contributed by atoms with Crippen molar-refractivity contribution in [3.63, 3.8) is 0 Å². The van der Waals surface area contributed by atoms with E-state index in [0.717, 1.165) is 18.4 Å². The van der Waals surface area contributed by atoms with Crippen LogP contribution in [0.15, 0.2) is 18.2 Å². The van der Waals surface area contributed by atoms with E-state index >= 15 is 0 Å². The number of hydrogen-bond donors (Lipinski definition) is 1. The lowest BCUT2D eigenvalue weighted by atomic mass is 10.0. The SMILES string of the molecule is CCCC(NC)c1cc(Cl)cc(Cl)c1. The number of nitrogens with one attached hydrogen (secondary N) is 1. The van der Waals surface area contributed by atoms with Crippen molar-refractivity contribution < 1.29 is 0 Å². The van der Waals surface area contributed by atoms with Gasteiger partial charge in [-0.25, -0.2) is 0 Å². The smallest absolute Gasteiger partial charge is 0.0424 e. The van der Waals surface area contributed by atoms with Crippen LogP contribution in [0.4, 0.5) is 0 Å². The molecule has 14 heavy (non-hydrogen) atoms. The molecular formula is C11H15Cl2N. The summed E-state index contributed by atoms with van der Waals surface area (Å²) in [5.41, 5.74) is 1.16. The normalized spacial score (nSPS) is 12.9. The van der Waals surface area contributed by atoms with Crippen LogP contribution in [0.2, 0.25) is 10.0 Å². The lowest BCUT2D eigenvalue weighted by molar-refractivity contribution is 0.541. The molecule has 0 saturated carbocycles. The second kappa shape index (κ2) is 5.59. The maximum Gasteiger partial charge on any atom is 0.0424 e. The zero-order valence-electron chi connectivity index (χ0n) is 8.48. The van der Waals surface area contributed by atoms with E-state index in [1.54, 1.807) is 6.07 Å². The second-order valence-electron chi connectivity index (χ2n) is 3.33. The van der Waals surface area contributed by atoms with Crippen molar-refractivity contribution in [2.75, 3.05) is 7.05 Å². The summed E-state index contributed by atoms with van der Waals surface area (Å²) in [4.78, 5) is 0. The van der Waals surface area contributed by atoms with E-state index < -0.39 is 0 Å². The largest absolute Gasteiger partial charge is 0.313 e. The molecule has 1 aromatic carbocycles. The second-order valence-corrected chi connectivity index (χ2v) is 4.21. The molecule has 0 spiro atoms. The van der Waals surface area contributed by atoms with Crippen LogP contribution in [0.1, 0.15) is 31.4 Å². The molecule has 1 unspecified atom stereocenters. The average Bonchev–Trinajstić information content (AvgIpc) is 2.12. The Kier molecular flexibility index (Phi) is 4.73. The van der Waals surface area contributed by atoms with Crippen molar-refractivity contribution >= 4 is 23.2 Å². The minimum Gasteiger partial charge on any atom is -0.313 e. The fourth-order valence-corrected chi connectivity index (χ4v) is 2.09. The molecule has 0 amide bonds. The molecule has 1 rings (SSSR count). The van der Waals surface area contributed by atoms with Gasteiger partial charge in [0, 0.05) is 16.1 Å². The predicted molar refractivity (Wildman–Crippen MR) is 63.2 cm³/mol. The van der Waals surface area contributed by atoms with Gasteiger partial charge in [-0.05, 0) is 37.2 Å². The highest BCUT2D eigenvalue weighted by atomic mass is 35.5. The third-order valence-electron chi connectivity index (χ3n) is 2.21. The fraction of sp³-hybridized carbons (Fsp3) is 0.455. The summed E-state index contributed by atoms with van der Waals surface area (Å²) in [5.74, 6) is 0. The summed E-state index contributed by atoms with van der Waals surface area (Å²) < 4.78 is 0. The third-order valence-corrected chi connectivity index (χ3v) is 2.65. The van der Waals surface area contributed by atoms with Gasteiger partial charge in [0.15, 0.2) is 0 Å². The van der Waals surface area contributed by atoms with Crippen LogP contribution in [0, 0.1) is 0 Å². The first-order valence-electron chi connectivity index (χ1n) is 4.80. The van der Waals surface area contributed by atoms with Gasteiger partial charge in [-0.15, -0.1) is 0 Å². The van der Waals surface area contributed by atoms with Gasteiger partial charge in [-0.1, -0.05) is 36.5 Å². The van der Waals surface area contributed by atoms with Gasteiger partial charge in [0.1, 0.15) is 0 Å². The monoisotopic (exact) mass is 231 g/mol. The molecule has 1 N–H and O–H groups in total. The summed E-state index contributed by atoms with van der Waals surface area (Å²) in [6, 6.07) is 6.02. The van der Waals surface area contributed by atoms with Crippen LogP contribution in [0.5, 0.6) is 0 Å². The zero-order valence-corrected chi connectivity index (χ0v) is 9.99. The lowest BCUT2D eigenvalue weighted by Gasteiger charge is -2.16. The van der Waals surface area contributed by atoms with Crippen LogP contribution in [-0.2, 0) is 0 Å². The number of hydrogen-bond acceptors (Lipinski definition) is 1. The Balaban J connectivity index is 2.91. The molecule has 3 heteroatoms. The van der Waals surface area contributed by atoms with Crippen LogP contribution in [0.3, 0.4) is 0 Å². The minimum atomic E-state index is 0.344. The molecule has 0 bridgehead atoms. The van der Waals surface area contributed by atoms with Gasteiger partial charge >= 0.3 is 0 Å². The van der Waals surface area contributed by atoms with Gasteiger partial charge in [0.25, 0.3) is 0 Å². The molecule has 0 aliphatic rings. The van der Waals surface area contributed by atoms with E-state index in [1.165, 1.54) is 0 Å². The van der Waals surface area contributed by atoms with Crippen LogP contribution >= 0.6 is 23.2 Å². The van der Waals surface area contributed by atoms with Crippen molar-refractivity contribution in [1.29, 1.82) is 0 Å². The first kappa shape index (κ1) is 11.8. The fourth-order valence-electron chi connectivity index (χ4n) is 1.54. The standard InChI is InChI=1S/C11H15Cl2N/c1-3-4-11(14-2)8-5-9(12)7-10(13)6-8/h5-7,11,14H,3-4H2,1-2H3. The molecule has 78 valence electrons. The first-order valence-corrected chi connectivity index (χ1v) is 5.56. The lowest BCUT2D eigenvalue weighted by Crippen LogP contribution is -2.15. The first-order chi connectivity index (χ1) is 6.67. The Morgan fingerprint density at radius 2 is 1.79 bits per heavy atom. The Labute approximate surface area is 95.4 Å². The zero-order chi connectivity index (χ0) is 10.6. The van der Waals surface area contributed by atoms with E-state index in [2.05, 4.69) is 12.2 Å². The Bertz CT molecular complexity index is 279. The minimum absolute atomic E-state index is 0.344. The number of benzene rings is 1. The van der Waals surface area contributed by atoms with Gasteiger partial charge < -0.3 is 5.32 Å². The number of halogens is 2. The van der Waals surface area contributed by atoms with E-state index in [0.29, 0.717) is 16.1 Å². The van der Waals surface area contributed by atoms with Crippen molar-refractivity contribution in [2.24, 2.45) is 0 Å². The maximum atomic E-state index is 5.94. The summed E-state index contributed by atoms with van der Waals surface area (Å²) in [5, 5.41) is 4.65. The predicted octanol–water partition coefficient (Wildman–Crippen LogP) is 4.05. The molecule has 1 atom stereocenters. The van der Waals surface area contributed by atoms with Crippen molar-refractivity contribution in [3.8, 4) is 0 Å². The van der Waals surface area contributed by atoms with E-state index in [1.807, 2.05) is 19.2 Å². The molecule has 0 aliphatic heterocycles. The summed E-state index contributed by atoms with van der Waals surface area (Å²) >= 11 is 11.9. The Morgan fingerprint density at radius 3 is 2.21 bits per heavy atom. The van der Waals surface area contributed by atoms with Gasteiger partial charge in [-0.2, -0.15) is 0 Å². The molecule has 0 aromatic heterocycles. The molecular weight excluding hydrogens is 217 g/mol. The third kappa shape index (κ3) is 3.16. The molecule has 1 aromatic rings. The topological polar surface area (TPSA) is 12.0 Å². The highest BCUT2D eigenvalue weighted by Crippen LogP contribution is 2.25. The maximum absolute atomic E-state index is 5.94. The average molecular weight is 232 g/mol. The van der Waals surface area contributed by atoms with E-state index in [-0.39, 0.29) is 0 Å². The summed E-state index contributed by atoms with van der Waals surface area (Å²) in [6.07, 6.45) is 2.23. The Hall–Kier alpha value is -0.240. The molecule has 0 saturated heterocycles. The van der Waals surface area contributed by atoms with Crippen molar-refractivity contribution in [1.82, 2.24) is 5.32 Å². The number of rotatable bonds is 4. The molecule has 0 fully saturated rings. The van der Waals surface area contributed by atoms with E-state index in [4.69, 9.17) is 23.2 Å². The van der Waals surface area contributed by atoms with Crippen LogP contribution in [-0.4, -0.2) is 7.05 Å². The van der Waals surface area contributed by atoms with Gasteiger partial charge in [-0.3, -0.25) is 0 Å². The molecule has 1 nitrogen and oxygen atoms in total. The summed E-state index contributed by atoms with van der Waals surface area (Å²) in [7, 11) is 1.95. The highest BCUT2D eigenvalue weighted by Gasteiger charge is 2.09. The van der Waals surface area contributed by atoms with Gasteiger partial charge in [0.05, 0.1) is 0 Å². The molecule has 0 aliphatic carbocycles. The van der Waals surface area contributed by atoms with Crippen molar-refractivity contribution in [3.05, 3.63) is 33.8 Å².